The Morgan fingerprint density at radius 3 is 2.94 bits per heavy atom. The summed E-state index contributed by atoms with van der Waals surface area (Å²) in [5, 5.41) is 13.8. The van der Waals surface area contributed by atoms with Crippen molar-refractivity contribution in [1.82, 2.24) is 10.3 Å². The molecule has 6 heteroatoms. The standard InChI is InChI=1S/C12H20N2O3S/c1-4-17-11(16)5-10(15)7-13-9(3)12-14-6-8(2)18-12/h6,9-10,13,15H,4-5,7H2,1-3H3. The predicted molar refractivity (Wildman–Crippen MR) is 70.5 cm³/mol. The lowest BCUT2D eigenvalue weighted by atomic mass is 10.2. The minimum atomic E-state index is -0.729. The third-order valence-corrected chi connectivity index (χ3v) is 3.47. The van der Waals surface area contributed by atoms with Crippen molar-refractivity contribution in [3.8, 4) is 0 Å². The first-order valence-electron chi connectivity index (χ1n) is 6.02. The molecule has 1 aromatic heterocycles. The van der Waals surface area contributed by atoms with Gasteiger partial charge in [0.1, 0.15) is 5.01 Å². The number of thiazole rings is 1. The van der Waals surface area contributed by atoms with Crippen molar-refractivity contribution >= 4 is 17.3 Å². The van der Waals surface area contributed by atoms with Crippen molar-refractivity contribution in [2.75, 3.05) is 13.2 Å². The maximum Gasteiger partial charge on any atom is 0.308 e. The van der Waals surface area contributed by atoms with E-state index in [1.54, 1.807) is 18.3 Å². The zero-order valence-electron chi connectivity index (χ0n) is 11.0. The highest BCUT2D eigenvalue weighted by Gasteiger charge is 2.14. The summed E-state index contributed by atoms with van der Waals surface area (Å²) in [5.74, 6) is -0.371. The average molecular weight is 272 g/mol. The summed E-state index contributed by atoms with van der Waals surface area (Å²) in [6, 6.07) is 0.0699. The second-order valence-electron chi connectivity index (χ2n) is 4.10. The third kappa shape index (κ3) is 5.12. The molecule has 0 amide bonds. The number of carbonyl (C=O) groups excluding carboxylic acids is 1. The van der Waals surface area contributed by atoms with Crippen LogP contribution in [0.5, 0.6) is 0 Å². The van der Waals surface area contributed by atoms with E-state index in [0.717, 1.165) is 9.88 Å². The molecule has 0 radical (unpaired) electrons. The summed E-state index contributed by atoms with van der Waals surface area (Å²) >= 11 is 1.62. The first-order chi connectivity index (χ1) is 8.52. The molecule has 2 N–H and O–H groups in total. The molecule has 0 saturated carbocycles. The van der Waals surface area contributed by atoms with E-state index >= 15 is 0 Å². The molecule has 1 aromatic rings. The van der Waals surface area contributed by atoms with Crippen LogP contribution in [0.2, 0.25) is 0 Å². The van der Waals surface area contributed by atoms with E-state index in [1.807, 2.05) is 20.0 Å². The predicted octanol–water partition coefficient (Wildman–Crippen LogP) is 1.42. The molecule has 0 bridgehead atoms. The number of esters is 1. The second-order valence-corrected chi connectivity index (χ2v) is 5.37. The SMILES string of the molecule is CCOC(=O)CC(O)CNC(C)c1ncc(C)s1. The Labute approximate surface area is 111 Å². The molecule has 0 spiro atoms. The normalized spacial score (nSPS) is 14.2. The third-order valence-electron chi connectivity index (χ3n) is 2.38. The van der Waals surface area contributed by atoms with Gasteiger partial charge < -0.3 is 15.2 Å². The number of aromatic nitrogens is 1. The van der Waals surface area contributed by atoms with E-state index in [2.05, 4.69) is 10.3 Å². The minimum Gasteiger partial charge on any atom is -0.466 e. The maximum atomic E-state index is 11.2. The maximum absolute atomic E-state index is 11.2. The summed E-state index contributed by atoms with van der Waals surface area (Å²) in [4.78, 5) is 16.6. The molecule has 0 aliphatic rings. The van der Waals surface area contributed by atoms with Gasteiger partial charge in [0, 0.05) is 17.6 Å². The Kier molecular flexibility index (Phi) is 6.24. The Morgan fingerprint density at radius 2 is 2.39 bits per heavy atom. The van der Waals surface area contributed by atoms with Crippen LogP contribution in [0.4, 0.5) is 0 Å². The van der Waals surface area contributed by atoms with Crippen LogP contribution in [-0.4, -0.2) is 35.3 Å². The Bertz CT molecular complexity index is 381. The number of aliphatic hydroxyl groups excluding tert-OH is 1. The van der Waals surface area contributed by atoms with E-state index in [1.165, 1.54) is 0 Å². The molecule has 1 heterocycles. The molecule has 2 atom stereocenters. The topological polar surface area (TPSA) is 71.5 Å². The van der Waals surface area contributed by atoms with Crippen LogP contribution >= 0.6 is 11.3 Å². The minimum absolute atomic E-state index is 0.0183. The Balaban J connectivity index is 2.29. The Morgan fingerprint density at radius 1 is 1.67 bits per heavy atom. The molecular formula is C12H20N2O3S. The van der Waals surface area contributed by atoms with Crippen LogP contribution in [0.1, 0.15) is 36.2 Å². The van der Waals surface area contributed by atoms with Crippen molar-refractivity contribution in [3.05, 3.63) is 16.1 Å². The first kappa shape index (κ1) is 15.1. The summed E-state index contributed by atoms with van der Waals surface area (Å²) in [7, 11) is 0. The fraction of sp³-hybridized carbons (Fsp3) is 0.667. The molecule has 0 aliphatic heterocycles. The van der Waals surface area contributed by atoms with Crippen LogP contribution in [0.25, 0.3) is 0 Å². The number of nitrogens with zero attached hydrogens (tertiary/aromatic N) is 1. The van der Waals surface area contributed by atoms with E-state index in [9.17, 15) is 9.90 Å². The highest BCUT2D eigenvalue weighted by molar-refractivity contribution is 7.11. The number of carbonyl (C=O) groups is 1. The molecule has 2 unspecified atom stereocenters. The van der Waals surface area contributed by atoms with E-state index in [-0.39, 0.29) is 18.4 Å². The van der Waals surface area contributed by atoms with Crippen LogP contribution in [0, 0.1) is 6.92 Å². The van der Waals surface area contributed by atoms with Crippen LogP contribution in [-0.2, 0) is 9.53 Å². The van der Waals surface area contributed by atoms with Crippen LogP contribution in [0.15, 0.2) is 6.20 Å². The quantitative estimate of drug-likeness (QED) is 0.734. The largest absolute Gasteiger partial charge is 0.466 e. The van der Waals surface area contributed by atoms with Crippen molar-refractivity contribution in [1.29, 1.82) is 0 Å². The summed E-state index contributed by atoms with van der Waals surface area (Å²) in [5.41, 5.74) is 0. The van der Waals surface area contributed by atoms with Gasteiger partial charge in [0.05, 0.1) is 25.2 Å². The number of nitrogens with one attached hydrogen (secondary N) is 1. The van der Waals surface area contributed by atoms with Gasteiger partial charge >= 0.3 is 5.97 Å². The molecule has 0 fully saturated rings. The smallest absolute Gasteiger partial charge is 0.308 e. The van der Waals surface area contributed by atoms with Crippen molar-refractivity contribution in [2.24, 2.45) is 0 Å². The molecule has 18 heavy (non-hydrogen) atoms. The summed E-state index contributed by atoms with van der Waals surface area (Å²) in [6.45, 7) is 6.42. The van der Waals surface area contributed by atoms with Gasteiger partial charge in [-0.1, -0.05) is 0 Å². The zero-order valence-corrected chi connectivity index (χ0v) is 11.8. The van der Waals surface area contributed by atoms with Crippen molar-refractivity contribution in [3.63, 3.8) is 0 Å². The van der Waals surface area contributed by atoms with Crippen LogP contribution in [0.3, 0.4) is 0 Å². The summed E-state index contributed by atoms with van der Waals surface area (Å²) in [6.07, 6.45) is 1.12. The average Bonchev–Trinajstić information content (AvgIpc) is 2.73. The van der Waals surface area contributed by atoms with Gasteiger partial charge in [0.2, 0.25) is 0 Å². The second kappa shape index (κ2) is 7.45. The molecule has 102 valence electrons. The fourth-order valence-corrected chi connectivity index (χ4v) is 2.26. The number of aliphatic hydroxyl groups is 1. The molecule has 0 saturated heterocycles. The molecule has 1 rings (SSSR count). The lowest BCUT2D eigenvalue weighted by Crippen LogP contribution is -2.31. The van der Waals surface area contributed by atoms with Gasteiger partial charge in [-0.3, -0.25) is 4.79 Å². The fourth-order valence-electron chi connectivity index (χ4n) is 1.46. The molecule has 5 nitrogen and oxygen atoms in total. The van der Waals surface area contributed by atoms with Gasteiger partial charge in [0.15, 0.2) is 0 Å². The lowest BCUT2D eigenvalue weighted by molar-refractivity contribution is -0.145. The van der Waals surface area contributed by atoms with Crippen molar-refractivity contribution in [2.45, 2.75) is 39.3 Å². The van der Waals surface area contributed by atoms with Gasteiger partial charge in [0.25, 0.3) is 0 Å². The zero-order chi connectivity index (χ0) is 13.5. The van der Waals surface area contributed by atoms with Gasteiger partial charge in [-0.2, -0.15) is 0 Å². The monoisotopic (exact) mass is 272 g/mol. The Hall–Kier alpha value is -0.980. The lowest BCUT2D eigenvalue weighted by Gasteiger charge is -2.14. The number of ether oxygens (including phenoxy) is 1. The van der Waals surface area contributed by atoms with Gasteiger partial charge in [-0.15, -0.1) is 11.3 Å². The summed E-state index contributed by atoms with van der Waals surface area (Å²) < 4.78 is 4.77. The van der Waals surface area contributed by atoms with Gasteiger partial charge in [-0.25, -0.2) is 4.98 Å². The molecular weight excluding hydrogens is 252 g/mol. The number of aryl methyl sites for hydroxylation is 1. The van der Waals surface area contributed by atoms with E-state index in [0.29, 0.717) is 13.2 Å². The van der Waals surface area contributed by atoms with Crippen LogP contribution < -0.4 is 5.32 Å². The van der Waals surface area contributed by atoms with E-state index in [4.69, 9.17) is 4.74 Å². The highest BCUT2D eigenvalue weighted by Crippen LogP contribution is 2.18. The number of hydrogen-bond acceptors (Lipinski definition) is 6. The van der Waals surface area contributed by atoms with Gasteiger partial charge in [-0.05, 0) is 20.8 Å². The molecule has 0 aliphatic carbocycles. The number of hydrogen-bond donors (Lipinski definition) is 2. The van der Waals surface area contributed by atoms with Crippen molar-refractivity contribution < 1.29 is 14.6 Å². The first-order valence-corrected chi connectivity index (χ1v) is 6.84. The highest BCUT2D eigenvalue weighted by atomic mass is 32.1. The number of rotatable bonds is 7. The van der Waals surface area contributed by atoms with E-state index < -0.39 is 6.10 Å². The molecule has 0 aromatic carbocycles.